The molecule has 0 aliphatic carbocycles. The number of para-hydroxylation sites is 1. The van der Waals surface area contributed by atoms with E-state index in [1.54, 1.807) is 11.3 Å². The number of anilines is 1. The number of nitrogens with zero attached hydrogens (tertiary/aromatic N) is 3. The van der Waals surface area contributed by atoms with Gasteiger partial charge in [0.25, 0.3) is 0 Å². The first-order chi connectivity index (χ1) is 17.0. The monoisotopic (exact) mass is 580 g/mol. The fourth-order valence-corrected chi connectivity index (χ4v) is 7.36. The Balaban J connectivity index is 1.18. The number of nitrogens with one attached hydrogen (secondary N) is 1. The molecule has 13 heteroatoms. The second kappa shape index (κ2) is 11.4. The van der Waals surface area contributed by atoms with Crippen LogP contribution in [0, 0.1) is 0 Å². The summed E-state index contributed by atoms with van der Waals surface area (Å²) in [5.41, 5.74) is -0.0734. The summed E-state index contributed by atoms with van der Waals surface area (Å²) < 4.78 is 67.3. The molecule has 0 unspecified atom stereocenters. The van der Waals surface area contributed by atoms with Crippen LogP contribution in [0.5, 0.6) is 0 Å². The summed E-state index contributed by atoms with van der Waals surface area (Å²) >= 11 is 13.4. The van der Waals surface area contributed by atoms with Crippen LogP contribution >= 0.6 is 34.5 Å². The Morgan fingerprint density at radius 1 is 1.00 bits per heavy atom. The molecule has 0 radical (unpaired) electrons. The summed E-state index contributed by atoms with van der Waals surface area (Å²) in [6, 6.07) is 9.26. The molecule has 0 saturated carbocycles. The molecule has 0 atom stereocenters. The number of halogens is 5. The van der Waals surface area contributed by atoms with Crippen LogP contribution in [0.4, 0.5) is 18.3 Å². The molecule has 36 heavy (non-hydrogen) atoms. The van der Waals surface area contributed by atoms with Crippen molar-refractivity contribution in [1.29, 1.82) is 0 Å². The van der Waals surface area contributed by atoms with Crippen LogP contribution in [0.15, 0.2) is 41.3 Å². The number of benzene rings is 2. The van der Waals surface area contributed by atoms with Crippen LogP contribution in [0.25, 0.3) is 10.2 Å². The highest BCUT2D eigenvalue weighted by atomic mass is 35.5. The van der Waals surface area contributed by atoms with E-state index in [0.717, 1.165) is 56.2 Å². The van der Waals surface area contributed by atoms with Gasteiger partial charge in [-0.15, -0.1) is 0 Å². The average molecular weight is 582 g/mol. The number of unbranched alkanes of at least 4 members (excludes halogenated alkanes) is 2. The highest BCUT2D eigenvalue weighted by molar-refractivity contribution is 7.89. The lowest BCUT2D eigenvalue weighted by molar-refractivity contribution is -0.137. The molecule has 1 N–H and O–H groups in total. The second-order valence-electron chi connectivity index (χ2n) is 8.52. The smallest absolute Gasteiger partial charge is 0.345 e. The van der Waals surface area contributed by atoms with Crippen molar-refractivity contribution < 1.29 is 21.6 Å². The number of rotatable bonds is 9. The van der Waals surface area contributed by atoms with Gasteiger partial charge in [-0.05, 0) is 43.7 Å². The van der Waals surface area contributed by atoms with Gasteiger partial charge in [-0.2, -0.15) is 13.2 Å². The van der Waals surface area contributed by atoms with Crippen molar-refractivity contribution in [3.8, 4) is 0 Å². The van der Waals surface area contributed by atoms with Crippen LogP contribution < -0.4 is 9.62 Å². The van der Waals surface area contributed by atoms with E-state index >= 15 is 0 Å². The zero-order chi connectivity index (χ0) is 25.9. The molecule has 0 bridgehead atoms. The molecule has 6 nitrogen and oxygen atoms in total. The first-order valence-corrected chi connectivity index (χ1v) is 14.5. The summed E-state index contributed by atoms with van der Waals surface area (Å²) in [7, 11) is -4.14. The van der Waals surface area contributed by atoms with Crippen molar-refractivity contribution in [1.82, 2.24) is 14.6 Å². The molecule has 0 spiro atoms. The SMILES string of the molecule is O=S(=O)(NCCCCCN1CCN(c2nc3ccccc3s2)CC1)c1c(Cl)cc(C(F)(F)F)cc1Cl. The Bertz CT molecular complexity index is 1250. The summed E-state index contributed by atoms with van der Waals surface area (Å²) in [5, 5.41) is -0.0731. The number of thiazole rings is 1. The van der Waals surface area contributed by atoms with Crippen LogP contribution in [-0.4, -0.2) is 57.6 Å². The molecule has 196 valence electrons. The predicted molar refractivity (Wildman–Crippen MR) is 139 cm³/mol. The fraction of sp³-hybridized carbons (Fsp3) is 0.435. The minimum atomic E-state index is -4.68. The molecule has 0 amide bonds. The van der Waals surface area contributed by atoms with E-state index in [4.69, 9.17) is 28.2 Å². The minimum Gasteiger partial charge on any atom is -0.345 e. The van der Waals surface area contributed by atoms with Gasteiger partial charge < -0.3 is 4.90 Å². The molecule has 1 aromatic heterocycles. The van der Waals surface area contributed by atoms with Gasteiger partial charge in [0.1, 0.15) is 4.90 Å². The number of sulfonamides is 1. The summed E-state index contributed by atoms with van der Waals surface area (Å²) in [5.74, 6) is 0. The molecule has 1 saturated heterocycles. The van der Waals surface area contributed by atoms with Crippen molar-refractivity contribution in [2.45, 2.75) is 30.3 Å². The van der Waals surface area contributed by atoms with E-state index in [2.05, 4.69) is 20.6 Å². The lowest BCUT2D eigenvalue weighted by Gasteiger charge is -2.34. The standard InChI is InChI=1S/C23H25Cl2F3N4O2S2/c24-17-14-16(23(26,27)28)15-18(25)21(17)36(33,34)29-8-4-1-5-9-31-10-12-32(13-11-31)22-30-19-6-2-3-7-20(19)35-22/h2-3,6-7,14-15,29H,1,4-5,8-13H2. The molecule has 1 aliphatic rings. The Kier molecular flexibility index (Phi) is 8.68. The van der Waals surface area contributed by atoms with Crippen molar-refractivity contribution in [2.24, 2.45) is 0 Å². The summed E-state index contributed by atoms with van der Waals surface area (Å²) in [6.07, 6.45) is -2.38. The topological polar surface area (TPSA) is 65.5 Å². The zero-order valence-corrected chi connectivity index (χ0v) is 22.3. The van der Waals surface area contributed by atoms with Gasteiger partial charge in [0.15, 0.2) is 5.13 Å². The van der Waals surface area contributed by atoms with Gasteiger partial charge in [0.2, 0.25) is 10.0 Å². The van der Waals surface area contributed by atoms with Gasteiger partial charge in [0, 0.05) is 32.7 Å². The van der Waals surface area contributed by atoms with E-state index in [1.807, 2.05) is 18.2 Å². The zero-order valence-electron chi connectivity index (χ0n) is 19.2. The summed E-state index contributed by atoms with van der Waals surface area (Å²) in [4.78, 5) is 8.89. The normalized spacial score (nSPS) is 15.6. The third kappa shape index (κ3) is 6.62. The lowest BCUT2D eigenvalue weighted by atomic mass is 10.2. The molecule has 2 heterocycles. The van der Waals surface area contributed by atoms with Gasteiger partial charge in [-0.1, -0.05) is 53.1 Å². The van der Waals surface area contributed by atoms with Crippen molar-refractivity contribution in [3.05, 3.63) is 52.0 Å². The highest BCUT2D eigenvalue weighted by Gasteiger charge is 2.33. The molecule has 2 aromatic carbocycles. The van der Waals surface area contributed by atoms with Crippen molar-refractivity contribution in [2.75, 3.05) is 44.2 Å². The minimum absolute atomic E-state index is 0.140. The molecule has 3 aromatic rings. The maximum Gasteiger partial charge on any atom is 0.416 e. The van der Waals surface area contributed by atoms with Gasteiger partial charge >= 0.3 is 6.18 Å². The second-order valence-corrected chi connectivity index (χ2v) is 12.0. The fourth-order valence-electron chi connectivity index (χ4n) is 4.05. The average Bonchev–Trinajstić information content (AvgIpc) is 3.25. The van der Waals surface area contributed by atoms with Crippen molar-refractivity contribution in [3.63, 3.8) is 0 Å². The van der Waals surface area contributed by atoms with Crippen LogP contribution in [0.3, 0.4) is 0 Å². The third-order valence-corrected chi connectivity index (χ3v) is 9.44. The van der Waals surface area contributed by atoms with E-state index in [-0.39, 0.29) is 6.54 Å². The number of hydrogen-bond donors (Lipinski definition) is 1. The Labute approximate surface area is 222 Å². The van der Waals surface area contributed by atoms with Crippen LogP contribution in [0.1, 0.15) is 24.8 Å². The largest absolute Gasteiger partial charge is 0.416 e. The number of piperazine rings is 1. The highest BCUT2D eigenvalue weighted by Crippen LogP contribution is 2.37. The van der Waals surface area contributed by atoms with Gasteiger partial charge in [-0.25, -0.2) is 18.1 Å². The maximum atomic E-state index is 12.9. The first kappa shape index (κ1) is 27.4. The number of alkyl halides is 3. The van der Waals surface area contributed by atoms with E-state index in [9.17, 15) is 21.6 Å². The lowest BCUT2D eigenvalue weighted by Crippen LogP contribution is -2.46. The quantitative estimate of drug-likeness (QED) is 0.319. The Morgan fingerprint density at radius 2 is 1.67 bits per heavy atom. The van der Waals surface area contributed by atoms with E-state index in [1.165, 1.54) is 4.70 Å². The molecular formula is C23H25Cl2F3N4O2S2. The Hall–Kier alpha value is -1.63. The van der Waals surface area contributed by atoms with Gasteiger partial charge in [0.05, 0.1) is 25.8 Å². The van der Waals surface area contributed by atoms with Gasteiger partial charge in [-0.3, -0.25) is 4.90 Å². The Morgan fingerprint density at radius 3 is 2.31 bits per heavy atom. The number of aromatic nitrogens is 1. The molecule has 1 fully saturated rings. The van der Waals surface area contributed by atoms with E-state index < -0.39 is 36.7 Å². The van der Waals surface area contributed by atoms with E-state index in [0.29, 0.717) is 18.6 Å². The number of fused-ring (bicyclic) bond motifs is 1. The first-order valence-electron chi connectivity index (χ1n) is 11.4. The van der Waals surface area contributed by atoms with Crippen LogP contribution in [0.2, 0.25) is 10.0 Å². The third-order valence-electron chi connectivity index (χ3n) is 5.96. The van der Waals surface area contributed by atoms with Crippen LogP contribution in [-0.2, 0) is 16.2 Å². The molecular weight excluding hydrogens is 556 g/mol. The predicted octanol–water partition coefficient (Wildman–Crippen LogP) is 5.89. The van der Waals surface area contributed by atoms with Crippen molar-refractivity contribution >= 4 is 59.9 Å². The number of hydrogen-bond acceptors (Lipinski definition) is 6. The summed E-state index contributed by atoms with van der Waals surface area (Å²) in [6.45, 7) is 4.75. The maximum absolute atomic E-state index is 12.9. The molecule has 1 aliphatic heterocycles. The molecule has 4 rings (SSSR count).